The van der Waals surface area contributed by atoms with Gasteiger partial charge in [-0.1, -0.05) is 6.92 Å². The number of aryl methyl sites for hydroxylation is 2. The molecule has 2 N–H and O–H groups in total. The molecule has 1 aromatic rings. The summed E-state index contributed by atoms with van der Waals surface area (Å²) < 4.78 is 5.86. The van der Waals surface area contributed by atoms with Crippen LogP contribution < -0.4 is 10.1 Å². The molecule has 0 saturated carbocycles. The van der Waals surface area contributed by atoms with E-state index in [4.69, 9.17) is 4.74 Å². The maximum atomic E-state index is 11.2. The van der Waals surface area contributed by atoms with Crippen molar-refractivity contribution in [3.63, 3.8) is 0 Å². The van der Waals surface area contributed by atoms with Crippen molar-refractivity contribution in [1.82, 2.24) is 5.32 Å². The summed E-state index contributed by atoms with van der Waals surface area (Å²) in [6, 6.07) is 3.65. The Morgan fingerprint density at radius 3 is 2.39 bits per heavy atom. The van der Waals surface area contributed by atoms with Gasteiger partial charge in [-0.15, -0.1) is 12.4 Å². The van der Waals surface area contributed by atoms with Crippen LogP contribution in [0.3, 0.4) is 0 Å². The van der Waals surface area contributed by atoms with Gasteiger partial charge < -0.3 is 15.2 Å². The molecule has 0 amide bonds. The largest absolute Gasteiger partial charge is 0.494 e. The summed E-state index contributed by atoms with van der Waals surface area (Å²) in [6.07, 6.45) is 3.56. The minimum atomic E-state index is -0.874. The first-order chi connectivity index (χ1) is 10.5. The zero-order chi connectivity index (χ0) is 16.1. The summed E-state index contributed by atoms with van der Waals surface area (Å²) in [5, 5.41) is 12.6. The number of rotatable bonds is 6. The summed E-state index contributed by atoms with van der Waals surface area (Å²) in [5.41, 5.74) is 1.90. The molecule has 0 aliphatic carbocycles. The van der Waals surface area contributed by atoms with Crippen molar-refractivity contribution in [2.45, 2.75) is 40.0 Å². The molecule has 5 heteroatoms. The van der Waals surface area contributed by atoms with Gasteiger partial charge in [0.2, 0.25) is 0 Å². The quantitative estimate of drug-likeness (QED) is 0.825. The second-order valence-electron chi connectivity index (χ2n) is 6.44. The van der Waals surface area contributed by atoms with Gasteiger partial charge >= 0.3 is 5.97 Å². The van der Waals surface area contributed by atoms with Crippen LogP contribution in [-0.4, -0.2) is 30.8 Å². The van der Waals surface area contributed by atoms with E-state index in [0.717, 1.165) is 42.3 Å². The topological polar surface area (TPSA) is 58.6 Å². The monoisotopic (exact) mass is 341 g/mol. The molecule has 130 valence electrons. The third-order valence-electron chi connectivity index (χ3n) is 4.75. The van der Waals surface area contributed by atoms with E-state index in [2.05, 4.69) is 12.2 Å². The van der Waals surface area contributed by atoms with Gasteiger partial charge in [0.1, 0.15) is 5.75 Å². The van der Waals surface area contributed by atoms with E-state index in [9.17, 15) is 9.90 Å². The SMILES string of the molecule is Cc1cc(OCCC(C)C2CCNCC2)cc(C)c1C(=O)O.Cl. The minimum absolute atomic E-state index is 0. The van der Waals surface area contributed by atoms with E-state index in [1.165, 1.54) is 12.8 Å². The van der Waals surface area contributed by atoms with E-state index < -0.39 is 5.97 Å². The van der Waals surface area contributed by atoms with Crippen LogP contribution in [0.1, 0.15) is 47.7 Å². The molecule has 0 radical (unpaired) electrons. The summed E-state index contributed by atoms with van der Waals surface area (Å²) in [6.45, 7) is 8.90. The Morgan fingerprint density at radius 2 is 1.87 bits per heavy atom. The second-order valence-corrected chi connectivity index (χ2v) is 6.44. The predicted octanol–water partition coefficient (Wildman–Crippen LogP) is 3.83. The fraction of sp³-hybridized carbons (Fsp3) is 0.611. The number of ether oxygens (including phenoxy) is 1. The molecule has 0 spiro atoms. The maximum Gasteiger partial charge on any atom is 0.336 e. The highest BCUT2D eigenvalue weighted by atomic mass is 35.5. The van der Waals surface area contributed by atoms with Crippen LogP contribution in [0.5, 0.6) is 5.75 Å². The third-order valence-corrected chi connectivity index (χ3v) is 4.75. The van der Waals surface area contributed by atoms with Gasteiger partial charge in [0.25, 0.3) is 0 Å². The molecule has 1 atom stereocenters. The molecule has 0 aromatic heterocycles. The Kier molecular flexibility index (Phi) is 7.86. The van der Waals surface area contributed by atoms with Gasteiger partial charge in [0, 0.05) is 0 Å². The molecule has 1 heterocycles. The number of halogens is 1. The number of hydrogen-bond acceptors (Lipinski definition) is 3. The fourth-order valence-corrected chi connectivity index (χ4v) is 3.36. The van der Waals surface area contributed by atoms with Crippen LogP contribution in [0, 0.1) is 25.7 Å². The molecular weight excluding hydrogens is 314 g/mol. The van der Waals surface area contributed by atoms with Gasteiger partial charge in [-0.05, 0) is 81.3 Å². The van der Waals surface area contributed by atoms with Crippen LogP contribution in [0.4, 0.5) is 0 Å². The lowest BCUT2D eigenvalue weighted by Gasteiger charge is -2.28. The number of carbonyl (C=O) groups is 1. The summed E-state index contributed by atoms with van der Waals surface area (Å²) in [4.78, 5) is 11.2. The molecular formula is C18H28ClNO3. The second kappa shape index (κ2) is 9.14. The summed E-state index contributed by atoms with van der Waals surface area (Å²) >= 11 is 0. The predicted molar refractivity (Wildman–Crippen MR) is 95.0 cm³/mol. The number of nitrogens with one attached hydrogen (secondary N) is 1. The molecule has 1 fully saturated rings. The van der Waals surface area contributed by atoms with Crippen molar-refractivity contribution in [3.8, 4) is 5.75 Å². The van der Waals surface area contributed by atoms with Crippen LogP contribution in [0.2, 0.25) is 0 Å². The lowest BCUT2D eigenvalue weighted by Crippen LogP contribution is -2.31. The molecule has 2 rings (SSSR count). The van der Waals surface area contributed by atoms with E-state index in [1.807, 2.05) is 26.0 Å². The Balaban J connectivity index is 0.00000264. The summed E-state index contributed by atoms with van der Waals surface area (Å²) in [7, 11) is 0. The van der Waals surface area contributed by atoms with Gasteiger partial charge in [0.15, 0.2) is 0 Å². The number of piperidine rings is 1. The van der Waals surface area contributed by atoms with E-state index in [-0.39, 0.29) is 12.4 Å². The number of benzene rings is 1. The van der Waals surface area contributed by atoms with Crippen molar-refractivity contribution < 1.29 is 14.6 Å². The molecule has 1 saturated heterocycles. The first kappa shape index (κ1) is 19.8. The highest BCUT2D eigenvalue weighted by Gasteiger charge is 2.19. The van der Waals surface area contributed by atoms with Gasteiger partial charge in [-0.25, -0.2) is 4.79 Å². The number of carboxylic acids is 1. The number of aromatic carboxylic acids is 1. The number of carboxylic acid groups (broad SMARTS) is 1. The smallest absolute Gasteiger partial charge is 0.336 e. The minimum Gasteiger partial charge on any atom is -0.494 e. The number of hydrogen-bond donors (Lipinski definition) is 2. The Bertz CT molecular complexity index is 504. The standard InChI is InChI=1S/C18H27NO3.ClH/c1-12(15-4-7-19-8-5-15)6-9-22-16-10-13(2)17(18(20)21)14(3)11-16;/h10-12,15,19H,4-9H2,1-3H3,(H,20,21);1H. The molecule has 1 unspecified atom stereocenters. The van der Waals surface area contributed by atoms with Gasteiger partial charge in [-0.2, -0.15) is 0 Å². The first-order valence-corrected chi connectivity index (χ1v) is 8.17. The average Bonchev–Trinajstić information content (AvgIpc) is 2.47. The van der Waals surface area contributed by atoms with E-state index in [0.29, 0.717) is 18.1 Å². The van der Waals surface area contributed by atoms with E-state index >= 15 is 0 Å². The highest BCUT2D eigenvalue weighted by molar-refractivity contribution is 5.91. The normalized spacial score (nSPS) is 16.5. The van der Waals surface area contributed by atoms with Crippen LogP contribution >= 0.6 is 12.4 Å². The van der Waals surface area contributed by atoms with Crippen molar-refractivity contribution >= 4 is 18.4 Å². The van der Waals surface area contributed by atoms with Crippen molar-refractivity contribution in [2.24, 2.45) is 11.8 Å². The zero-order valence-corrected chi connectivity index (χ0v) is 15.0. The lowest BCUT2D eigenvalue weighted by molar-refractivity contribution is 0.0695. The first-order valence-electron chi connectivity index (χ1n) is 8.17. The average molecular weight is 342 g/mol. The molecule has 1 aromatic carbocycles. The fourth-order valence-electron chi connectivity index (χ4n) is 3.36. The lowest BCUT2D eigenvalue weighted by atomic mass is 9.84. The highest BCUT2D eigenvalue weighted by Crippen LogP contribution is 2.26. The molecule has 23 heavy (non-hydrogen) atoms. The maximum absolute atomic E-state index is 11.2. The van der Waals surface area contributed by atoms with Gasteiger partial charge in [-0.3, -0.25) is 0 Å². The Labute approximate surface area is 145 Å². The van der Waals surface area contributed by atoms with Crippen LogP contribution in [0.15, 0.2) is 12.1 Å². The molecule has 0 bridgehead atoms. The van der Waals surface area contributed by atoms with Crippen LogP contribution in [-0.2, 0) is 0 Å². The van der Waals surface area contributed by atoms with Crippen molar-refractivity contribution in [1.29, 1.82) is 0 Å². The van der Waals surface area contributed by atoms with Crippen LogP contribution in [0.25, 0.3) is 0 Å². The summed E-state index contributed by atoms with van der Waals surface area (Å²) in [5.74, 6) is 1.36. The zero-order valence-electron chi connectivity index (χ0n) is 14.2. The third kappa shape index (κ3) is 5.40. The molecule has 1 aliphatic rings. The van der Waals surface area contributed by atoms with E-state index in [1.54, 1.807) is 0 Å². The Hall–Kier alpha value is -1.26. The van der Waals surface area contributed by atoms with Crippen molar-refractivity contribution in [2.75, 3.05) is 19.7 Å². The van der Waals surface area contributed by atoms with Gasteiger partial charge in [0.05, 0.1) is 12.2 Å². The molecule has 4 nitrogen and oxygen atoms in total. The van der Waals surface area contributed by atoms with Crippen molar-refractivity contribution in [3.05, 3.63) is 28.8 Å². The molecule has 1 aliphatic heterocycles. The Morgan fingerprint density at radius 1 is 1.30 bits per heavy atom.